The third kappa shape index (κ3) is 3.41. The first-order chi connectivity index (χ1) is 6.72. The first-order valence-corrected chi connectivity index (χ1v) is 4.28. The number of aliphatic hydroxyl groups excluding tert-OH is 1. The molecule has 74 valence electrons. The summed E-state index contributed by atoms with van der Waals surface area (Å²) >= 11 is 0. The molecule has 0 radical (unpaired) electrons. The Hall–Kier alpha value is -1.61. The number of carbonyl (C=O) groups excluding carboxylic acids is 1. The number of hydrogen-bond acceptors (Lipinski definition) is 3. The van der Waals surface area contributed by atoms with Gasteiger partial charge in [0.05, 0.1) is 6.61 Å². The van der Waals surface area contributed by atoms with Gasteiger partial charge in [0, 0.05) is 6.92 Å². The van der Waals surface area contributed by atoms with Crippen molar-refractivity contribution in [3.63, 3.8) is 0 Å². The predicted molar refractivity (Wildman–Crippen MR) is 53.9 cm³/mol. The third-order valence-corrected chi connectivity index (χ3v) is 1.56. The number of rotatable bonds is 3. The monoisotopic (exact) mass is 192 g/mol. The lowest BCUT2D eigenvalue weighted by Gasteiger charge is -2.00. The van der Waals surface area contributed by atoms with Gasteiger partial charge >= 0.3 is 5.97 Å². The van der Waals surface area contributed by atoms with E-state index < -0.39 is 0 Å². The lowest BCUT2D eigenvalue weighted by molar-refractivity contribution is -0.131. The van der Waals surface area contributed by atoms with Crippen molar-refractivity contribution in [2.24, 2.45) is 0 Å². The topological polar surface area (TPSA) is 46.5 Å². The molecule has 3 heteroatoms. The molecule has 0 aromatic heterocycles. The fraction of sp³-hybridized carbons (Fsp3) is 0.182. The zero-order chi connectivity index (χ0) is 10.4. The highest BCUT2D eigenvalue weighted by atomic mass is 16.5. The summed E-state index contributed by atoms with van der Waals surface area (Å²) in [5, 5.41) is 8.54. The molecule has 0 fully saturated rings. The maximum atomic E-state index is 10.6. The van der Waals surface area contributed by atoms with Gasteiger partial charge in [-0.05, 0) is 17.7 Å². The van der Waals surface area contributed by atoms with E-state index in [1.807, 2.05) is 12.1 Å². The molecule has 0 amide bonds. The van der Waals surface area contributed by atoms with E-state index in [1.54, 1.807) is 24.3 Å². The highest BCUT2D eigenvalue weighted by molar-refractivity contribution is 5.69. The van der Waals surface area contributed by atoms with Crippen molar-refractivity contribution in [1.82, 2.24) is 0 Å². The average Bonchev–Trinajstić information content (AvgIpc) is 2.16. The fourth-order valence-electron chi connectivity index (χ4n) is 1.00. The first-order valence-electron chi connectivity index (χ1n) is 4.28. The molecule has 0 atom stereocenters. The van der Waals surface area contributed by atoms with Crippen LogP contribution in [0, 0.1) is 0 Å². The van der Waals surface area contributed by atoms with Crippen LogP contribution in [0.5, 0.6) is 5.75 Å². The van der Waals surface area contributed by atoms with Crippen LogP contribution in [0.25, 0.3) is 6.08 Å². The molecule has 1 aromatic rings. The van der Waals surface area contributed by atoms with Crippen LogP contribution in [-0.2, 0) is 4.79 Å². The van der Waals surface area contributed by atoms with E-state index in [2.05, 4.69) is 0 Å². The molecule has 0 saturated heterocycles. The summed E-state index contributed by atoms with van der Waals surface area (Å²) in [6.07, 6.45) is 3.43. The number of carbonyl (C=O) groups is 1. The van der Waals surface area contributed by atoms with Crippen molar-refractivity contribution >= 4 is 12.0 Å². The normalized spacial score (nSPS) is 10.4. The van der Waals surface area contributed by atoms with Gasteiger partial charge in [0.25, 0.3) is 0 Å². The van der Waals surface area contributed by atoms with Gasteiger partial charge < -0.3 is 9.84 Å². The van der Waals surface area contributed by atoms with Crippen LogP contribution in [0.4, 0.5) is 0 Å². The molecule has 0 aliphatic carbocycles. The number of ether oxygens (including phenoxy) is 1. The van der Waals surface area contributed by atoms with Crippen LogP contribution in [-0.4, -0.2) is 17.7 Å². The van der Waals surface area contributed by atoms with Crippen molar-refractivity contribution < 1.29 is 14.6 Å². The molecule has 0 unspecified atom stereocenters. The van der Waals surface area contributed by atoms with Crippen molar-refractivity contribution in [2.75, 3.05) is 6.61 Å². The Labute approximate surface area is 82.6 Å². The number of hydrogen-bond donors (Lipinski definition) is 1. The maximum Gasteiger partial charge on any atom is 0.308 e. The van der Waals surface area contributed by atoms with Crippen LogP contribution in [0.3, 0.4) is 0 Å². The Balaban J connectivity index is 2.68. The van der Waals surface area contributed by atoms with E-state index in [0.29, 0.717) is 5.75 Å². The van der Waals surface area contributed by atoms with Crippen LogP contribution >= 0.6 is 0 Å². The van der Waals surface area contributed by atoms with Gasteiger partial charge in [-0.2, -0.15) is 0 Å². The van der Waals surface area contributed by atoms with E-state index in [0.717, 1.165) is 5.56 Å². The highest BCUT2D eigenvalue weighted by Crippen LogP contribution is 2.13. The second-order valence-corrected chi connectivity index (χ2v) is 2.75. The van der Waals surface area contributed by atoms with Gasteiger partial charge in [-0.1, -0.05) is 24.3 Å². The summed E-state index contributed by atoms with van der Waals surface area (Å²) in [6, 6.07) is 7.03. The second kappa shape index (κ2) is 5.19. The van der Waals surface area contributed by atoms with Gasteiger partial charge in [-0.15, -0.1) is 0 Å². The molecule has 0 heterocycles. The SMILES string of the molecule is CC(=O)Oc1ccc(C=CCO)cc1. The zero-order valence-electron chi connectivity index (χ0n) is 7.93. The van der Waals surface area contributed by atoms with Crippen molar-refractivity contribution in [1.29, 1.82) is 0 Å². The molecule has 0 saturated carbocycles. The van der Waals surface area contributed by atoms with E-state index in [4.69, 9.17) is 9.84 Å². The average molecular weight is 192 g/mol. The lowest BCUT2D eigenvalue weighted by atomic mass is 10.2. The first kappa shape index (κ1) is 10.5. The number of benzene rings is 1. The van der Waals surface area contributed by atoms with Crippen molar-refractivity contribution in [3.8, 4) is 5.75 Å². The Bertz CT molecular complexity index is 325. The molecule has 1 N–H and O–H groups in total. The van der Waals surface area contributed by atoms with E-state index in [9.17, 15) is 4.79 Å². The van der Waals surface area contributed by atoms with E-state index >= 15 is 0 Å². The minimum absolute atomic E-state index is 0.0195. The molecule has 0 aliphatic heterocycles. The summed E-state index contributed by atoms with van der Waals surface area (Å²) in [4.78, 5) is 10.6. The van der Waals surface area contributed by atoms with Gasteiger partial charge in [0.1, 0.15) is 5.75 Å². The van der Waals surface area contributed by atoms with Gasteiger partial charge in [0.15, 0.2) is 0 Å². The summed E-state index contributed by atoms with van der Waals surface area (Å²) in [5.74, 6) is 0.197. The van der Waals surface area contributed by atoms with Crippen molar-refractivity contribution in [2.45, 2.75) is 6.92 Å². The summed E-state index contributed by atoms with van der Waals surface area (Å²) in [6.45, 7) is 1.38. The smallest absolute Gasteiger partial charge is 0.308 e. The van der Waals surface area contributed by atoms with Crippen LogP contribution in [0.15, 0.2) is 30.3 Å². The zero-order valence-corrected chi connectivity index (χ0v) is 7.93. The Kier molecular flexibility index (Phi) is 3.88. The van der Waals surface area contributed by atoms with Crippen LogP contribution in [0.1, 0.15) is 12.5 Å². The molecule has 14 heavy (non-hydrogen) atoms. The molecular weight excluding hydrogens is 180 g/mol. The van der Waals surface area contributed by atoms with Gasteiger partial charge in [0.2, 0.25) is 0 Å². The number of esters is 1. The van der Waals surface area contributed by atoms with Gasteiger partial charge in [-0.3, -0.25) is 4.79 Å². The predicted octanol–water partition coefficient (Wildman–Crippen LogP) is 1.62. The molecule has 3 nitrogen and oxygen atoms in total. The number of aliphatic hydroxyl groups is 1. The van der Waals surface area contributed by atoms with Crippen LogP contribution < -0.4 is 4.74 Å². The molecule has 1 aromatic carbocycles. The Morgan fingerprint density at radius 1 is 1.43 bits per heavy atom. The molecular formula is C11H12O3. The third-order valence-electron chi connectivity index (χ3n) is 1.56. The highest BCUT2D eigenvalue weighted by Gasteiger charge is 1.96. The van der Waals surface area contributed by atoms with Gasteiger partial charge in [-0.25, -0.2) is 0 Å². The minimum atomic E-state index is -0.330. The molecule has 0 bridgehead atoms. The maximum absolute atomic E-state index is 10.6. The standard InChI is InChI=1S/C11H12O3/c1-9(13)14-11-6-4-10(5-7-11)3-2-8-12/h2-7,12H,8H2,1H3. The summed E-state index contributed by atoms with van der Waals surface area (Å²) < 4.78 is 4.86. The van der Waals surface area contributed by atoms with Crippen molar-refractivity contribution in [3.05, 3.63) is 35.9 Å². The van der Waals surface area contributed by atoms with E-state index in [-0.39, 0.29) is 12.6 Å². The summed E-state index contributed by atoms with van der Waals surface area (Å²) in [5.41, 5.74) is 0.954. The van der Waals surface area contributed by atoms with Crippen LogP contribution in [0.2, 0.25) is 0 Å². The quantitative estimate of drug-likeness (QED) is 0.584. The molecule has 0 spiro atoms. The largest absolute Gasteiger partial charge is 0.427 e. The molecule has 1 rings (SSSR count). The lowest BCUT2D eigenvalue weighted by Crippen LogP contribution is -2.00. The summed E-state index contributed by atoms with van der Waals surface area (Å²) in [7, 11) is 0. The van der Waals surface area contributed by atoms with E-state index in [1.165, 1.54) is 6.92 Å². The Morgan fingerprint density at radius 3 is 2.57 bits per heavy atom. The Morgan fingerprint density at radius 2 is 2.07 bits per heavy atom. The second-order valence-electron chi connectivity index (χ2n) is 2.75. The molecule has 0 aliphatic rings. The fourth-order valence-corrected chi connectivity index (χ4v) is 1.00. The minimum Gasteiger partial charge on any atom is -0.427 e.